The molecule has 0 heterocycles. The van der Waals surface area contributed by atoms with E-state index < -0.39 is 21.2 Å². The Balaban J connectivity index is 1.49. The average molecular weight is 600 g/mol. The van der Waals surface area contributed by atoms with E-state index in [-0.39, 0.29) is 0 Å². The molecule has 130 valence electrons. The standard InChI is InChI=1S/2C9H11NS2.Pb/c2*11-9(12)10-7-6-8-4-2-1-3-5-8;/h2*1-5H,6-7H2,(H2,10,11,12);/q;;+2/p-2. The Bertz CT molecular complexity index is 595. The molecule has 0 fully saturated rings. The molecule has 0 bridgehead atoms. The summed E-state index contributed by atoms with van der Waals surface area (Å²) in [7, 11) is 3.64. The SMILES string of the molecule is S=C(NCCc1ccccc1)[S][Pb][S]C(=S)NCCc1ccccc1. The second-order valence-corrected chi connectivity index (χ2v) is 19.0. The molecule has 2 N–H and O–H groups in total. The summed E-state index contributed by atoms with van der Waals surface area (Å²) in [6.45, 7) is 1.79. The summed E-state index contributed by atoms with van der Waals surface area (Å²) >= 11 is 9.85. The van der Waals surface area contributed by atoms with Gasteiger partial charge in [0, 0.05) is 0 Å². The number of hydrogen-bond donors (Lipinski definition) is 2. The molecule has 0 saturated carbocycles. The summed E-state index contributed by atoms with van der Waals surface area (Å²) in [6.07, 6.45) is 2.00. The van der Waals surface area contributed by atoms with Crippen molar-refractivity contribution in [1.82, 2.24) is 10.6 Å². The zero-order valence-corrected chi connectivity index (χ0v) is 20.9. The van der Waals surface area contributed by atoms with Crippen molar-refractivity contribution in [2.75, 3.05) is 13.1 Å². The van der Waals surface area contributed by atoms with Crippen LogP contribution >= 0.6 is 41.1 Å². The molecule has 25 heavy (non-hydrogen) atoms. The zero-order valence-electron chi connectivity index (χ0n) is 13.7. The molecule has 2 aromatic rings. The maximum atomic E-state index is 5.40. The predicted molar refractivity (Wildman–Crippen MR) is 122 cm³/mol. The minimum absolute atomic E-state index is 0.893. The van der Waals surface area contributed by atoms with Crippen molar-refractivity contribution >= 4 is 70.9 Å². The topological polar surface area (TPSA) is 24.1 Å². The first-order chi connectivity index (χ1) is 12.2. The van der Waals surface area contributed by atoms with Crippen molar-refractivity contribution in [2.24, 2.45) is 0 Å². The van der Waals surface area contributed by atoms with E-state index in [1.54, 1.807) is 0 Å². The van der Waals surface area contributed by atoms with Crippen molar-refractivity contribution in [3.05, 3.63) is 71.8 Å². The molecule has 0 saturated heterocycles. The van der Waals surface area contributed by atoms with Crippen LogP contribution in [0, 0.1) is 0 Å². The third-order valence-corrected chi connectivity index (χ3v) is 19.5. The van der Waals surface area contributed by atoms with Crippen molar-refractivity contribution in [3.63, 3.8) is 0 Å². The van der Waals surface area contributed by atoms with Gasteiger partial charge in [0.15, 0.2) is 0 Å². The van der Waals surface area contributed by atoms with E-state index in [1.807, 2.05) is 28.8 Å². The van der Waals surface area contributed by atoms with Crippen LogP contribution in [0.1, 0.15) is 11.1 Å². The maximum absolute atomic E-state index is 5.40. The van der Waals surface area contributed by atoms with Crippen LogP contribution in [0.2, 0.25) is 0 Å². The molecule has 0 spiro atoms. The molecule has 7 heteroatoms. The first kappa shape index (κ1) is 21.1. The van der Waals surface area contributed by atoms with E-state index >= 15 is 0 Å². The summed E-state index contributed by atoms with van der Waals surface area (Å²) < 4.78 is 1.83. The van der Waals surface area contributed by atoms with E-state index in [2.05, 4.69) is 59.2 Å². The summed E-state index contributed by atoms with van der Waals surface area (Å²) in [5.41, 5.74) is 2.67. The molecule has 0 amide bonds. The summed E-state index contributed by atoms with van der Waals surface area (Å²) in [5, 5.41) is 6.67. The predicted octanol–water partition coefficient (Wildman–Crippen LogP) is 4.22. The Morgan fingerprint density at radius 2 is 1.12 bits per heavy atom. The van der Waals surface area contributed by atoms with Gasteiger partial charge in [0.25, 0.3) is 0 Å². The average Bonchev–Trinajstić information content (AvgIpc) is 2.63. The van der Waals surface area contributed by atoms with Gasteiger partial charge in [0.2, 0.25) is 0 Å². The van der Waals surface area contributed by atoms with Crippen LogP contribution in [0.3, 0.4) is 0 Å². The van der Waals surface area contributed by atoms with Crippen LogP contribution in [0.4, 0.5) is 0 Å². The molecule has 0 aliphatic rings. The third-order valence-electron chi connectivity index (χ3n) is 3.32. The van der Waals surface area contributed by atoms with Crippen molar-refractivity contribution < 1.29 is 0 Å². The molecule has 2 nitrogen and oxygen atoms in total. The van der Waals surface area contributed by atoms with E-state index in [1.165, 1.54) is 11.1 Å². The van der Waals surface area contributed by atoms with Gasteiger partial charge >= 0.3 is 179 Å². The Morgan fingerprint density at radius 3 is 1.52 bits per heavy atom. The molecule has 2 radical (unpaired) electrons. The fourth-order valence-electron chi connectivity index (χ4n) is 2.08. The molecular weight excluding hydrogens is 580 g/mol. The first-order valence-corrected chi connectivity index (χ1v) is 19.9. The van der Waals surface area contributed by atoms with Crippen LogP contribution in [-0.2, 0) is 12.8 Å². The van der Waals surface area contributed by atoms with Crippen LogP contribution in [0.5, 0.6) is 0 Å². The van der Waals surface area contributed by atoms with Gasteiger partial charge in [0.1, 0.15) is 0 Å². The van der Waals surface area contributed by atoms with Crippen LogP contribution in [0.15, 0.2) is 60.7 Å². The zero-order chi connectivity index (χ0) is 17.7. The molecule has 0 aliphatic carbocycles. The fraction of sp³-hybridized carbons (Fsp3) is 0.222. The second-order valence-electron chi connectivity index (χ2n) is 5.19. The van der Waals surface area contributed by atoms with Crippen LogP contribution < -0.4 is 10.6 Å². The van der Waals surface area contributed by atoms with Crippen LogP contribution in [-0.4, -0.2) is 43.0 Å². The summed E-state index contributed by atoms with van der Waals surface area (Å²) in [5.74, 6) is 0. The first-order valence-electron chi connectivity index (χ1n) is 7.96. The Labute approximate surface area is 177 Å². The number of thiocarbonyl (C=S) groups is 2. The Kier molecular flexibility index (Phi) is 11.1. The van der Waals surface area contributed by atoms with Crippen LogP contribution in [0.25, 0.3) is 0 Å². The van der Waals surface area contributed by atoms with Gasteiger partial charge in [-0.2, -0.15) is 0 Å². The summed E-state index contributed by atoms with van der Waals surface area (Å²) in [4.78, 5) is 0. The Morgan fingerprint density at radius 1 is 0.720 bits per heavy atom. The number of benzene rings is 2. The van der Waals surface area contributed by atoms with Gasteiger partial charge in [-0.25, -0.2) is 0 Å². The van der Waals surface area contributed by atoms with Crippen molar-refractivity contribution in [2.45, 2.75) is 12.8 Å². The summed E-state index contributed by atoms with van der Waals surface area (Å²) in [6, 6.07) is 20.9. The van der Waals surface area contributed by atoms with E-state index in [0.29, 0.717) is 0 Å². The third kappa shape index (κ3) is 9.93. The van der Waals surface area contributed by atoms with Gasteiger partial charge in [-0.15, -0.1) is 0 Å². The van der Waals surface area contributed by atoms with Gasteiger partial charge in [-0.05, 0) is 0 Å². The van der Waals surface area contributed by atoms with Gasteiger partial charge in [-0.3, -0.25) is 0 Å². The van der Waals surface area contributed by atoms with Crippen molar-refractivity contribution in [3.8, 4) is 0 Å². The molecule has 0 atom stereocenters. The van der Waals surface area contributed by atoms with Gasteiger partial charge in [-0.1, -0.05) is 0 Å². The quantitative estimate of drug-likeness (QED) is 0.348. The van der Waals surface area contributed by atoms with Gasteiger partial charge < -0.3 is 0 Å². The van der Waals surface area contributed by atoms with E-state index in [9.17, 15) is 0 Å². The molecule has 2 rings (SSSR count). The van der Waals surface area contributed by atoms with Crippen molar-refractivity contribution in [1.29, 1.82) is 0 Å². The van der Waals surface area contributed by atoms with E-state index in [4.69, 9.17) is 24.4 Å². The minimum atomic E-state index is -0.946. The molecule has 2 aromatic carbocycles. The molecular formula is C18H20N2PbS4. The second kappa shape index (κ2) is 13.1. The number of nitrogens with one attached hydrogen (secondary N) is 2. The fourth-order valence-corrected chi connectivity index (χ4v) is 17.2. The molecule has 0 aromatic heterocycles. The van der Waals surface area contributed by atoms with E-state index in [0.717, 1.165) is 34.6 Å². The number of rotatable bonds is 8. The Hall–Kier alpha value is -0.158. The number of hydrogen-bond acceptors (Lipinski definition) is 4. The monoisotopic (exact) mass is 600 g/mol. The normalized spacial score (nSPS) is 10.2. The van der Waals surface area contributed by atoms with Gasteiger partial charge in [0.05, 0.1) is 0 Å². The molecule has 0 aliphatic heterocycles. The molecule has 0 unspecified atom stereocenters.